The molecule has 0 N–H and O–H groups in total. The molecule has 132 valence electrons. The molecule has 3 nitrogen and oxygen atoms in total. The molecule has 0 radical (unpaired) electrons. The maximum atomic E-state index is 13.1. The van der Waals surface area contributed by atoms with Gasteiger partial charge in [0.15, 0.2) is 0 Å². The number of nitrogens with zero attached hydrogens (tertiary/aromatic N) is 2. The summed E-state index contributed by atoms with van der Waals surface area (Å²) < 4.78 is 15.6. The predicted octanol–water partition coefficient (Wildman–Crippen LogP) is 5.46. The summed E-state index contributed by atoms with van der Waals surface area (Å²) in [5, 5.41) is 0.555. The number of halogens is 2. The first-order valence-electron chi connectivity index (χ1n) is 8.33. The Morgan fingerprint density at radius 1 is 0.889 bits per heavy atom. The molecule has 3 aromatic carbocycles. The van der Waals surface area contributed by atoms with Crippen molar-refractivity contribution in [1.29, 1.82) is 0 Å². The largest absolute Gasteiger partial charge is 0.268 e. The van der Waals surface area contributed by atoms with Crippen LogP contribution in [0.3, 0.4) is 0 Å². The van der Waals surface area contributed by atoms with E-state index in [9.17, 15) is 9.18 Å². The van der Waals surface area contributed by atoms with E-state index >= 15 is 0 Å². The molecule has 27 heavy (non-hydrogen) atoms. The van der Waals surface area contributed by atoms with Gasteiger partial charge in [-0.25, -0.2) is 9.37 Å². The molecule has 0 unspecified atom stereocenters. The van der Waals surface area contributed by atoms with Crippen LogP contribution in [0.25, 0.3) is 28.7 Å². The Morgan fingerprint density at radius 3 is 2.33 bits per heavy atom. The Morgan fingerprint density at radius 2 is 1.59 bits per heavy atom. The zero-order chi connectivity index (χ0) is 18.8. The van der Waals surface area contributed by atoms with Crippen molar-refractivity contribution in [3.63, 3.8) is 0 Å². The molecule has 0 spiro atoms. The monoisotopic (exact) mass is 420 g/mol. The SMILES string of the molecule is O=c1c2ccccc2nc(C=Cc2ccc(F)cc2)n1-c1ccc(Br)cc1. The molecule has 0 aliphatic rings. The highest BCUT2D eigenvalue weighted by Gasteiger charge is 2.10. The van der Waals surface area contributed by atoms with Crippen molar-refractivity contribution in [1.82, 2.24) is 9.55 Å². The molecular formula is C22H14BrFN2O. The lowest BCUT2D eigenvalue weighted by atomic mass is 10.2. The molecule has 4 rings (SSSR count). The average Bonchev–Trinajstić information content (AvgIpc) is 2.69. The van der Waals surface area contributed by atoms with Gasteiger partial charge in [-0.05, 0) is 60.2 Å². The zero-order valence-corrected chi connectivity index (χ0v) is 15.7. The summed E-state index contributed by atoms with van der Waals surface area (Å²) >= 11 is 3.41. The summed E-state index contributed by atoms with van der Waals surface area (Å²) in [5.41, 5.74) is 2.04. The minimum atomic E-state index is -0.289. The first-order chi connectivity index (χ1) is 13.1. The third kappa shape index (κ3) is 3.59. The van der Waals surface area contributed by atoms with Crippen LogP contribution in [0.2, 0.25) is 0 Å². The van der Waals surface area contributed by atoms with Crippen molar-refractivity contribution in [2.45, 2.75) is 0 Å². The topological polar surface area (TPSA) is 34.9 Å². The van der Waals surface area contributed by atoms with Gasteiger partial charge in [0.2, 0.25) is 0 Å². The van der Waals surface area contributed by atoms with Gasteiger partial charge in [0.05, 0.1) is 16.6 Å². The molecule has 0 aliphatic carbocycles. The first kappa shape index (κ1) is 17.4. The van der Waals surface area contributed by atoms with Crippen LogP contribution in [0.1, 0.15) is 11.4 Å². The standard InChI is InChI=1S/C22H14BrFN2O/c23-16-8-12-18(13-9-16)26-21(14-7-15-5-10-17(24)11-6-15)25-20-4-2-1-3-19(20)22(26)27/h1-14H. The Hall–Kier alpha value is -3.05. The van der Waals surface area contributed by atoms with Gasteiger partial charge in [-0.15, -0.1) is 0 Å². The zero-order valence-electron chi connectivity index (χ0n) is 14.1. The van der Waals surface area contributed by atoms with E-state index < -0.39 is 0 Å². The molecule has 0 aliphatic heterocycles. The third-order valence-corrected chi connectivity index (χ3v) is 4.71. The van der Waals surface area contributed by atoms with Crippen molar-refractivity contribution in [3.8, 4) is 5.69 Å². The van der Waals surface area contributed by atoms with Crippen LogP contribution in [0, 0.1) is 5.82 Å². The van der Waals surface area contributed by atoms with Crippen molar-refractivity contribution < 1.29 is 4.39 Å². The second-order valence-electron chi connectivity index (χ2n) is 5.99. The van der Waals surface area contributed by atoms with E-state index in [0.717, 1.165) is 15.7 Å². The van der Waals surface area contributed by atoms with Gasteiger partial charge in [0.25, 0.3) is 5.56 Å². The lowest BCUT2D eigenvalue weighted by molar-refractivity contribution is 0.628. The molecule has 0 saturated heterocycles. The van der Waals surface area contributed by atoms with Gasteiger partial charge >= 0.3 is 0 Å². The van der Waals surface area contributed by atoms with Crippen LogP contribution in [-0.2, 0) is 0 Å². The highest BCUT2D eigenvalue weighted by molar-refractivity contribution is 9.10. The van der Waals surface area contributed by atoms with Gasteiger partial charge in [0.1, 0.15) is 11.6 Å². The van der Waals surface area contributed by atoms with Crippen molar-refractivity contribution >= 4 is 39.0 Å². The highest BCUT2D eigenvalue weighted by atomic mass is 79.9. The van der Waals surface area contributed by atoms with E-state index in [1.54, 1.807) is 28.8 Å². The fourth-order valence-corrected chi connectivity index (χ4v) is 3.11. The Bertz CT molecular complexity index is 1200. The van der Waals surface area contributed by atoms with Crippen LogP contribution in [0.4, 0.5) is 4.39 Å². The van der Waals surface area contributed by atoms with E-state index in [0.29, 0.717) is 16.7 Å². The maximum Gasteiger partial charge on any atom is 0.266 e. The number of aromatic nitrogens is 2. The Labute approximate surface area is 163 Å². The fraction of sp³-hybridized carbons (Fsp3) is 0. The van der Waals surface area contributed by atoms with Crippen LogP contribution in [0.5, 0.6) is 0 Å². The molecule has 1 aromatic heterocycles. The summed E-state index contributed by atoms with van der Waals surface area (Å²) in [6.45, 7) is 0. The summed E-state index contributed by atoms with van der Waals surface area (Å²) in [5.74, 6) is 0.216. The molecule has 0 amide bonds. The predicted molar refractivity (Wildman–Crippen MR) is 110 cm³/mol. The molecule has 0 fully saturated rings. The smallest absolute Gasteiger partial charge is 0.266 e. The summed E-state index contributed by atoms with van der Waals surface area (Å²) in [4.78, 5) is 17.8. The average molecular weight is 421 g/mol. The Kier molecular flexibility index (Phi) is 4.69. The van der Waals surface area contributed by atoms with E-state index in [-0.39, 0.29) is 11.4 Å². The summed E-state index contributed by atoms with van der Waals surface area (Å²) in [6, 6.07) is 20.9. The third-order valence-electron chi connectivity index (χ3n) is 4.18. The van der Waals surface area contributed by atoms with Gasteiger partial charge in [-0.3, -0.25) is 9.36 Å². The normalized spacial score (nSPS) is 11.3. The van der Waals surface area contributed by atoms with Gasteiger partial charge < -0.3 is 0 Å². The second kappa shape index (κ2) is 7.29. The summed E-state index contributed by atoms with van der Waals surface area (Å²) in [7, 11) is 0. The second-order valence-corrected chi connectivity index (χ2v) is 6.90. The molecule has 0 bridgehead atoms. The molecule has 4 aromatic rings. The maximum absolute atomic E-state index is 13.1. The van der Waals surface area contributed by atoms with E-state index in [4.69, 9.17) is 0 Å². The molecule has 0 saturated carbocycles. The summed E-state index contributed by atoms with van der Waals surface area (Å²) in [6.07, 6.45) is 3.58. The van der Waals surface area contributed by atoms with Gasteiger partial charge in [0, 0.05) is 4.47 Å². The van der Waals surface area contributed by atoms with E-state index in [1.165, 1.54) is 12.1 Å². The number of rotatable bonds is 3. The highest BCUT2D eigenvalue weighted by Crippen LogP contribution is 2.18. The fourth-order valence-electron chi connectivity index (χ4n) is 2.85. The lowest BCUT2D eigenvalue weighted by Crippen LogP contribution is -2.22. The quantitative estimate of drug-likeness (QED) is 0.441. The molecular weight excluding hydrogens is 407 g/mol. The number of fused-ring (bicyclic) bond motifs is 1. The van der Waals surface area contributed by atoms with Crippen LogP contribution >= 0.6 is 15.9 Å². The van der Waals surface area contributed by atoms with Crippen molar-refractivity contribution in [3.05, 3.63) is 105 Å². The first-order valence-corrected chi connectivity index (χ1v) is 9.12. The number of para-hydroxylation sites is 1. The molecule has 0 atom stereocenters. The molecule has 1 heterocycles. The molecule has 5 heteroatoms. The Balaban J connectivity index is 1.92. The van der Waals surface area contributed by atoms with Crippen molar-refractivity contribution in [2.75, 3.05) is 0 Å². The van der Waals surface area contributed by atoms with Crippen molar-refractivity contribution in [2.24, 2.45) is 0 Å². The lowest BCUT2D eigenvalue weighted by Gasteiger charge is -2.11. The number of hydrogen-bond donors (Lipinski definition) is 0. The number of benzene rings is 3. The van der Waals surface area contributed by atoms with E-state index in [1.807, 2.05) is 48.5 Å². The van der Waals surface area contributed by atoms with Gasteiger partial charge in [-0.2, -0.15) is 0 Å². The minimum Gasteiger partial charge on any atom is -0.268 e. The van der Waals surface area contributed by atoms with Gasteiger partial charge in [-0.1, -0.05) is 46.3 Å². The number of hydrogen-bond acceptors (Lipinski definition) is 2. The van der Waals surface area contributed by atoms with Crippen LogP contribution in [0.15, 0.2) is 82.1 Å². The van der Waals surface area contributed by atoms with Crippen LogP contribution in [-0.4, -0.2) is 9.55 Å². The van der Waals surface area contributed by atoms with Crippen LogP contribution < -0.4 is 5.56 Å². The van der Waals surface area contributed by atoms with E-state index in [2.05, 4.69) is 20.9 Å². The minimum absolute atomic E-state index is 0.137.